The van der Waals surface area contributed by atoms with Gasteiger partial charge in [0.1, 0.15) is 16.5 Å². The van der Waals surface area contributed by atoms with Crippen LogP contribution in [-0.2, 0) is 6.54 Å². The molecule has 2 heterocycles. The first-order chi connectivity index (χ1) is 10.2. The average molecular weight is 301 g/mol. The van der Waals surface area contributed by atoms with Gasteiger partial charge >= 0.3 is 5.69 Å². The predicted octanol–water partition coefficient (Wildman–Crippen LogP) is 1.15. The molecule has 106 valence electrons. The molecule has 0 aliphatic rings. The van der Waals surface area contributed by atoms with Crippen LogP contribution < -0.4 is 11.0 Å². The topological polar surface area (TPSA) is 104 Å². The van der Waals surface area contributed by atoms with Crippen molar-refractivity contribution >= 4 is 17.2 Å². The molecule has 0 aliphatic heterocycles. The Hall–Kier alpha value is -2.74. The summed E-state index contributed by atoms with van der Waals surface area (Å²) in [6.45, 7) is 0.135. The van der Waals surface area contributed by atoms with Gasteiger partial charge in [0.25, 0.3) is 5.91 Å². The summed E-state index contributed by atoms with van der Waals surface area (Å²) in [6, 6.07) is 9.65. The second-order valence-corrected chi connectivity index (χ2v) is 5.07. The maximum Gasteiger partial charge on any atom is 0.340 e. The number of benzene rings is 1. The van der Waals surface area contributed by atoms with Gasteiger partial charge in [-0.2, -0.15) is 5.10 Å². The number of hydrogen-bond acceptors (Lipinski definition) is 5. The van der Waals surface area contributed by atoms with Gasteiger partial charge in [-0.15, -0.1) is 11.3 Å². The van der Waals surface area contributed by atoms with E-state index in [4.69, 9.17) is 0 Å². The molecule has 0 fully saturated rings. The minimum atomic E-state index is -0.403. The minimum Gasteiger partial charge on any atom is -0.343 e. The van der Waals surface area contributed by atoms with Gasteiger partial charge in [0.2, 0.25) is 0 Å². The van der Waals surface area contributed by atoms with Gasteiger partial charge in [-0.05, 0) is 0 Å². The highest BCUT2D eigenvalue weighted by Gasteiger charge is 2.12. The van der Waals surface area contributed by atoms with E-state index in [0.29, 0.717) is 11.5 Å². The molecule has 3 aromatic rings. The normalized spacial score (nSPS) is 10.5. The van der Waals surface area contributed by atoms with E-state index in [1.807, 2.05) is 30.3 Å². The summed E-state index contributed by atoms with van der Waals surface area (Å²) < 4.78 is 0. The van der Waals surface area contributed by atoms with Crippen molar-refractivity contribution < 1.29 is 4.79 Å². The van der Waals surface area contributed by atoms with Crippen LogP contribution in [0.2, 0.25) is 0 Å². The lowest BCUT2D eigenvalue weighted by Gasteiger charge is -1.99. The Morgan fingerprint density at radius 3 is 2.81 bits per heavy atom. The first-order valence-corrected chi connectivity index (χ1v) is 7.03. The Balaban J connectivity index is 1.68. The van der Waals surface area contributed by atoms with Crippen LogP contribution in [-0.4, -0.2) is 26.1 Å². The van der Waals surface area contributed by atoms with Crippen LogP contribution in [0.25, 0.3) is 10.6 Å². The van der Waals surface area contributed by atoms with Crippen molar-refractivity contribution in [2.75, 3.05) is 0 Å². The number of H-pyrrole nitrogens is 2. The van der Waals surface area contributed by atoms with Crippen molar-refractivity contribution in [2.45, 2.75) is 6.54 Å². The van der Waals surface area contributed by atoms with Crippen molar-refractivity contribution in [1.29, 1.82) is 0 Å². The van der Waals surface area contributed by atoms with E-state index in [2.05, 4.69) is 25.5 Å². The van der Waals surface area contributed by atoms with E-state index in [-0.39, 0.29) is 12.5 Å². The number of nitrogens with zero attached hydrogens (tertiary/aromatic N) is 2. The quantitative estimate of drug-likeness (QED) is 0.672. The monoisotopic (exact) mass is 301 g/mol. The second-order valence-electron chi connectivity index (χ2n) is 4.21. The summed E-state index contributed by atoms with van der Waals surface area (Å²) in [7, 11) is 0. The fourth-order valence-corrected chi connectivity index (χ4v) is 2.54. The summed E-state index contributed by atoms with van der Waals surface area (Å²) in [5, 5.41) is 11.1. The van der Waals surface area contributed by atoms with Gasteiger partial charge in [0.15, 0.2) is 0 Å². The number of aromatic nitrogens is 4. The summed E-state index contributed by atoms with van der Waals surface area (Å²) in [5.41, 5.74) is 0.911. The molecule has 3 rings (SSSR count). The fraction of sp³-hybridized carbons (Fsp3) is 0.0769. The van der Waals surface area contributed by atoms with E-state index in [1.165, 1.54) is 11.3 Å². The number of carbonyl (C=O) groups excluding carboxylic acids is 1. The molecule has 3 N–H and O–H groups in total. The van der Waals surface area contributed by atoms with E-state index in [1.54, 1.807) is 5.38 Å². The van der Waals surface area contributed by atoms with E-state index in [9.17, 15) is 9.59 Å². The lowest BCUT2D eigenvalue weighted by Crippen LogP contribution is -2.24. The third-order valence-corrected chi connectivity index (χ3v) is 3.62. The molecule has 2 aromatic heterocycles. The average Bonchev–Trinajstić information content (AvgIpc) is 3.15. The zero-order valence-corrected chi connectivity index (χ0v) is 11.6. The summed E-state index contributed by atoms with van der Waals surface area (Å²) >= 11 is 1.41. The maximum absolute atomic E-state index is 12.0. The molecular formula is C13H11N5O2S. The standard InChI is InChI=1S/C13H11N5O2S/c19-11(14-6-10-16-13(20)18-17-10)9-7-21-12(15-9)8-4-2-1-3-5-8/h1-5,7H,6H2,(H,14,19)(H2,16,17,18,20). The highest BCUT2D eigenvalue weighted by molar-refractivity contribution is 7.13. The van der Waals surface area contributed by atoms with Crippen LogP contribution in [0.3, 0.4) is 0 Å². The fourth-order valence-electron chi connectivity index (χ4n) is 1.73. The van der Waals surface area contributed by atoms with Crippen molar-refractivity contribution in [1.82, 2.24) is 25.5 Å². The third kappa shape index (κ3) is 3.06. The van der Waals surface area contributed by atoms with Crippen LogP contribution in [0.1, 0.15) is 16.3 Å². The molecule has 0 aliphatic carbocycles. The molecule has 8 heteroatoms. The Morgan fingerprint density at radius 1 is 1.29 bits per heavy atom. The summed E-state index contributed by atoms with van der Waals surface area (Å²) in [4.78, 5) is 29.6. The first kappa shape index (κ1) is 13.3. The molecule has 0 bridgehead atoms. The molecule has 0 saturated heterocycles. The lowest BCUT2D eigenvalue weighted by atomic mass is 10.2. The van der Waals surface area contributed by atoms with Crippen molar-refractivity contribution in [3.63, 3.8) is 0 Å². The number of nitrogens with one attached hydrogen (secondary N) is 3. The largest absolute Gasteiger partial charge is 0.343 e. The zero-order chi connectivity index (χ0) is 14.7. The Kier molecular flexibility index (Phi) is 3.61. The van der Waals surface area contributed by atoms with Crippen LogP contribution in [0.15, 0.2) is 40.5 Å². The molecule has 0 saturated carbocycles. The summed E-state index contributed by atoms with van der Waals surface area (Å²) in [5.74, 6) is 0.0594. The number of thiazole rings is 1. The van der Waals surface area contributed by atoms with Gasteiger partial charge in [-0.1, -0.05) is 30.3 Å². The third-order valence-electron chi connectivity index (χ3n) is 2.72. The van der Waals surface area contributed by atoms with E-state index < -0.39 is 5.69 Å². The second kappa shape index (κ2) is 5.71. The molecule has 0 spiro atoms. The van der Waals surface area contributed by atoms with Gasteiger partial charge in [-0.3, -0.25) is 9.78 Å². The van der Waals surface area contributed by atoms with Gasteiger partial charge in [0, 0.05) is 10.9 Å². The van der Waals surface area contributed by atoms with Crippen molar-refractivity contribution in [2.24, 2.45) is 0 Å². The number of amides is 1. The highest BCUT2D eigenvalue weighted by atomic mass is 32.1. The molecule has 0 atom stereocenters. The van der Waals surface area contributed by atoms with Gasteiger partial charge in [0.05, 0.1) is 6.54 Å². The lowest BCUT2D eigenvalue weighted by molar-refractivity contribution is 0.0945. The molecule has 1 aromatic carbocycles. The Labute approximate surface area is 123 Å². The molecule has 1 amide bonds. The smallest absolute Gasteiger partial charge is 0.340 e. The number of rotatable bonds is 4. The molecule has 0 radical (unpaired) electrons. The number of aromatic amines is 2. The SMILES string of the molecule is O=C(NCc1n[nH]c(=O)[nH]1)c1csc(-c2ccccc2)n1. The van der Waals surface area contributed by atoms with Crippen LogP contribution in [0.5, 0.6) is 0 Å². The van der Waals surface area contributed by atoms with Crippen molar-refractivity contribution in [3.8, 4) is 10.6 Å². The highest BCUT2D eigenvalue weighted by Crippen LogP contribution is 2.23. The predicted molar refractivity (Wildman–Crippen MR) is 77.9 cm³/mol. The van der Waals surface area contributed by atoms with Crippen LogP contribution in [0, 0.1) is 0 Å². The summed E-state index contributed by atoms with van der Waals surface area (Å²) in [6.07, 6.45) is 0. The van der Waals surface area contributed by atoms with Gasteiger partial charge in [-0.25, -0.2) is 14.9 Å². The first-order valence-electron chi connectivity index (χ1n) is 6.15. The molecular weight excluding hydrogens is 290 g/mol. The minimum absolute atomic E-state index is 0.135. The zero-order valence-electron chi connectivity index (χ0n) is 10.8. The molecule has 21 heavy (non-hydrogen) atoms. The Bertz CT molecular complexity index is 805. The van der Waals surface area contributed by atoms with Gasteiger partial charge < -0.3 is 5.32 Å². The van der Waals surface area contributed by atoms with Crippen LogP contribution >= 0.6 is 11.3 Å². The maximum atomic E-state index is 12.0. The molecule has 0 unspecified atom stereocenters. The Morgan fingerprint density at radius 2 is 2.10 bits per heavy atom. The molecule has 7 nitrogen and oxygen atoms in total. The van der Waals surface area contributed by atoms with Crippen molar-refractivity contribution in [3.05, 3.63) is 57.7 Å². The number of hydrogen-bond donors (Lipinski definition) is 3. The van der Waals surface area contributed by atoms with E-state index >= 15 is 0 Å². The van der Waals surface area contributed by atoms with Crippen LogP contribution in [0.4, 0.5) is 0 Å². The number of carbonyl (C=O) groups is 1. The van der Waals surface area contributed by atoms with E-state index in [0.717, 1.165) is 10.6 Å².